The molecule has 0 radical (unpaired) electrons. The van der Waals surface area contributed by atoms with Crippen LogP contribution >= 0.6 is 0 Å². The van der Waals surface area contributed by atoms with Gasteiger partial charge in [-0.25, -0.2) is 0 Å². The Morgan fingerprint density at radius 2 is 1.94 bits per heavy atom. The lowest BCUT2D eigenvalue weighted by Gasteiger charge is -2.26. The van der Waals surface area contributed by atoms with Gasteiger partial charge in [0.15, 0.2) is 0 Å². The van der Waals surface area contributed by atoms with Crippen molar-refractivity contribution < 1.29 is 0 Å². The van der Waals surface area contributed by atoms with E-state index in [4.69, 9.17) is 5.26 Å². The van der Waals surface area contributed by atoms with Crippen LogP contribution in [0.3, 0.4) is 0 Å². The van der Waals surface area contributed by atoms with E-state index >= 15 is 0 Å². The van der Waals surface area contributed by atoms with Crippen molar-refractivity contribution in [3.8, 4) is 6.07 Å². The van der Waals surface area contributed by atoms with E-state index in [0.717, 1.165) is 13.1 Å². The molecule has 0 spiro atoms. The topological polar surface area (TPSA) is 39.1 Å². The molecule has 1 N–H and O–H groups in total. The third-order valence-corrected chi connectivity index (χ3v) is 2.60. The molecule has 0 saturated heterocycles. The fraction of sp³-hybridized carbons (Fsp3) is 0.500. The molecule has 0 aliphatic carbocycles. The fourth-order valence-corrected chi connectivity index (χ4v) is 1.81. The monoisotopic (exact) mass is 231 g/mol. The van der Waals surface area contributed by atoms with E-state index in [1.165, 1.54) is 5.69 Å². The van der Waals surface area contributed by atoms with Crippen molar-refractivity contribution in [3.05, 3.63) is 30.3 Å². The van der Waals surface area contributed by atoms with Gasteiger partial charge in [0.1, 0.15) is 6.04 Å². The summed E-state index contributed by atoms with van der Waals surface area (Å²) in [4.78, 5) is 2.21. The number of para-hydroxylation sites is 1. The van der Waals surface area contributed by atoms with Crippen molar-refractivity contribution in [2.45, 2.75) is 32.9 Å². The predicted octanol–water partition coefficient (Wildman–Crippen LogP) is 2.40. The summed E-state index contributed by atoms with van der Waals surface area (Å²) in [5.74, 6) is 0. The molecule has 0 bridgehead atoms. The van der Waals surface area contributed by atoms with Gasteiger partial charge in [0.05, 0.1) is 6.07 Å². The largest absolute Gasteiger partial charge is 0.369 e. The second-order valence-corrected chi connectivity index (χ2v) is 4.38. The van der Waals surface area contributed by atoms with Crippen molar-refractivity contribution in [2.24, 2.45) is 0 Å². The SMILES string of the molecule is CCN(CC(C#N)NC(C)C)c1ccccc1. The number of anilines is 1. The lowest BCUT2D eigenvalue weighted by molar-refractivity contribution is 0.523. The molecule has 1 atom stereocenters. The molecule has 1 aromatic rings. The third kappa shape index (κ3) is 4.46. The van der Waals surface area contributed by atoms with Crippen LogP contribution in [0.4, 0.5) is 5.69 Å². The molecule has 1 aromatic carbocycles. The highest BCUT2D eigenvalue weighted by Gasteiger charge is 2.13. The number of nitrogens with zero attached hydrogens (tertiary/aromatic N) is 2. The highest BCUT2D eigenvalue weighted by molar-refractivity contribution is 5.46. The Hall–Kier alpha value is -1.53. The van der Waals surface area contributed by atoms with E-state index in [-0.39, 0.29) is 6.04 Å². The van der Waals surface area contributed by atoms with E-state index < -0.39 is 0 Å². The fourth-order valence-electron chi connectivity index (χ4n) is 1.81. The van der Waals surface area contributed by atoms with Crippen LogP contribution in [0.5, 0.6) is 0 Å². The van der Waals surface area contributed by atoms with E-state index in [2.05, 4.69) is 49.2 Å². The van der Waals surface area contributed by atoms with Crippen LogP contribution in [0.25, 0.3) is 0 Å². The molecule has 0 aliphatic rings. The Morgan fingerprint density at radius 1 is 1.29 bits per heavy atom. The van der Waals surface area contributed by atoms with Gasteiger partial charge in [-0.15, -0.1) is 0 Å². The number of nitriles is 1. The first-order valence-corrected chi connectivity index (χ1v) is 6.13. The summed E-state index contributed by atoms with van der Waals surface area (Å²) in [5, 5.41) is 12.4. The maximum absolute atomic E-state index is 9.13. The van der Waals surface area contributed by atoms with Gasteiger partial charge in [0.2, 0.25) is 0 Å². The molecule has 0 heterocycles. The quantitative estimate of drug-likeness (QED) is 0.817. The summed E-state index contributed by atoms with van der Waals surface area (Å²) in [6.45, 7) is 7.85. The zero-order valence-electron chi connectivity index (χ0n) is 10.9. The minimum atomic E-state index is -0.129. The van der Waals surface area contributed by atoms with E-state index in [9.17, 15) is 0 Å². The van der Waals surface area contributed by atoms with Crippen molar-refractivity contribution in [1.29, 1.82) is 5.26 Å². The number of rotatable bonds is 6. The van der Waals surface area contributed by atoms with Crippen LogP contribution in [-0.2, 0) is 0 Å². The average molecular weight is 231 g/mol. The highest BCUT2D eigenvalue weighted by atomic mass is 15.2. The second-order valence-electron chi connectivity index (χ2n) is 4.38. The van der Waals surface area contributed by atoms with Crippen molar-refractivity contribution >= 4 is 5.69 Å². The molecule has 0 aromatic heterocycles. The molecule has 17 heavy (non-hydrogen) atoms. The number of likely N-dealkylation sites (N-methyl/N-ethyl adjacent to an activating group) is 1. The van der Waals surface area contributed by atoms with Crippen LogP contribution in [0, 0.1) is 11.3 Å². The minimum absolute atomic E-state index is 0.129. The van der Waals surface area contributed by atoms with Gasteiger partial charge in [-0.1, -0.05) is 18.2 Å². The Balaban J connectivity index is 2.66. The van der Waals surface area contributed by atoms with Gasteiger partial charge in [-0.3, -0.25) is 5.32 Å². The smallest absolute Gasteiger partial charge is 0.113 e. The third-order valence-electron chi connectivity index (χ3n) is 2.60. The van der Waals surface area contributed by atoms with Crippen LogP contribution in [0.1, 0.15) is 20.8 Å². The van der Waals surface area contributed by atoms with Crippen molar-refractivity contribution in [2.75, 3.05) is 18.0 Å². The maximum atomic E-state index is 9.13. The normalized spacial score (nSPS) is 12.2. The molecule has 3 nitrogen and oxygen atoms in total. The summed E-state index contributed by atoms with van der Waals surface area (Å²) in [6, 6.07) is 12.7. The van der Waals surface area contributed by atoms with Gasteiger partial charge < -0.3 is 4.90 Å². The molecular formula is C14H21N3. The molecule has 0 aliphatic heterocycles. The first-order chi connectivity index (χ1) is 8.17. The Kier molecular flexibility index (Phi) is 5.51. The van der Waals surface area contributed by atoms with Gasteiger partial charge in [0, 0.05) is 24.8 Å². The summed E-state index contributed by atoms with van der Waals surface area (Å²) >= 11 is 0. The summed E-state index contributed by atoms with van der Waals surface area (Å²) in [6.07, 6.45) is 0. The average Bonchev–Trinajstić information content (AvgIpc) is 2.35. The van der Waals surface area contributed by atoms with Gasteiger partial charge in [-0.2, -0.15) is 5.26 Å². The van der Waals surface area contributed by atoms with Crippen LogP contribution in [0.2, 0.25) is 0 Å². The lowest BCUT2D eigenvalue weighted by atomic mass is 10.2. The summed E-state index contributed by atoms with van der Waals surface area (Å²) in [7, 11) is 0. The van der Waals surface area contributed by atoms with Crippen LogP contribution in [0.15, 0.2) is 30.3 Å². The number of benzene rings is 1. The Morgan fingerprint density at radius 3 is 2.41 bits per heavy atom. The van der Waals surface area contributed by atoms with Crippen LogP contribution in [-0.4, -0.2) is 25.2 Å². The molecule has 1 unspecified atom stereocenters. The van der Waals surface area contributed by atoms with E-state index in [0.29, 0.717) is 6.04 Å². The maximum Gasteiger partial charge on any atom is 0.113 e. The van der Waals surface area contributed by atoms with E-state index in [1.807, 2.05) is 18.2 Å². The number of hydrogen-bond donors (Lipinski definition) is 1. The van der Waals surface area contributed by atoms with Gasteiger partial charge >= 0.3 is 0 Å². The molecule has 0 fully saturated rings. The Bertz CT molecular complexity index is 353. The molecule has 0 saturated carbocycles. The Labute approximate surface area is 104 Å². The van der Waals surface area contributed by atoms with Crippen molar-refractivity contribution in [3.63, 3.8) is 0 Å². The zero-order valence-corrected chi connectivity index (χ0v) is 10.9. The minimum Gasteiger partial charge on any atom is -0.369 e. The zero-order chi connectivity index (χ0) is 12.7. The second kappa shape index (κ2) is 6.93. The van der Waals surface area contributed by atoms with Crippen molar-refractivity contribution in [1.82, 2.24) is 5.32 Å². The molecule has 3 heteroatoms. The first-order valence-electron chi connectivity index (χ1n) is 6.13. The van der Waals surface area contributed by atoms with Gasteiger partial charge in [-0.05, 0) is 32.9 Å². The lowest BCUT2D eigenvalue weighted by Crippen LogP contribution is -2.43. The molecule has 1 rings (SSSR count). The molecule has 0 amide bonds. The number of hydrogen-bond acceptors (Lipinski definition) is 3. The number of nitrogens with one attached hydrogen (secondary N) is 1. The highest BCUT2D eigenvalue weighted by Crippen LogP contribution is 2.13. The standard InChI is InChI=1S/C14H21N3/c1-4-17(14-8-6-5-7-9-14)11-13(10-15)16-12(2)3/h5-9,12-13,16H,4,11H2,1-3H3. The first kappa shape index (κ1) is 13.5. The summed E-state index contributed by atoms with van der Waals surface area (Å²) in [5.41, 5.74) is 1.17. The molecule has 92 valence electrons. The summed E-state index contributed by atoms with van der Waals surface area (Å²) < 4.78 is 0. The predicted molar refractivity (Wildman–Crippen MR) is 72.0 cm³/mol. The van der Waals surface area contributed by atoms with Crippen LogP contribution < -0.4 is 10.2 Å². The van der Waals surface area contributed by atoms with E-state index in [1.54, 1.807) is 0 Å². The molecular weight excluding hydrogens is 210 g/mol. The van der Waals surface area contributed by atoms with Gasteiger partial charge in [0.25, 0.3) is 0 Å².